The average Bonchev–Trinajstić information content (AvgIpc) is 2.84. The standard InChI is InChI=1S/C15H21BrFN/c16-14-8-7-13(15(17)10-14)11-18-9-3-6-12-4-1-2-5-12/h7-8,10,12,18H,1-6,9,11H2. The topological polar surface area (TPSA) is 12.0 Å². The molecular weight excluding hydrogens is 293 g/mol. The van der Waals surface area contributed by atoms with E-state index in [0.717, 1.165) is 22.5 Å². The van der Waals surface area contributed by atoms with Gasteiger partial charge in [0.1, 0.15) is 5.82 Å². The highest BCUT2D eigenvalue weighted by molar-refractivity contribution is 9.10. The number of rotatable bonds is 6. The van der Waals surface area contributed by atoms with Gasteiger partial charge in [0.2, 0.25) is 0 Å². The van der Waals surface area contributed by atoms with Gasteiger partial charge in [0.15, 0.2) is 0 Å². The Labute approximate surface area is 117 Å². The molecule has 3 heteroatoms. The van der Waals surface area contributed by atoms with Crippen LogP contribution in [0.3, 0.4) is 0 Å². The van der Waals surface area contributed by atoms with Crippen LogP contribution in [0.25, 0.3) is 0 Å². The maximum atomic E-state index is 13.5. The Morgan fingerprint density at radius 3 is 2.78 bits per heavy atom. The van der Waals surface area contributed by atoms with Crippen LogP contribution in [0.15, 0.2) is 22.7 Å². The predicted molar refractivity (Wildman–Crippen MR) is 77.0 cm³/mol. The van der Waals surface area contributed by atoms with E-state index in [-0.39, 0.29) is 5.82 Å². The third-order valence-electron chi connectivity index (χ3n) is 3.77. The van der Waals surface area contributed by atoms with Crippen LogP contribution in [0.2, 0.25) is 0 Å². The van der Waals surface area contributed by atoms with Gasteiger partial charge in [-0.05, 0) is 37.4 Å². The lowest BCUT2D eigenvalue weighted by Crippen LogP contribution is -2.16. The first-order chi connectivity index (χ1) is 8.75. The van der Waals surface area contributed by atoms with Crippen molar-refractivity contribution in [3.63, 3.8) is 0 Å². The molecule has 100 valence electrons. The molecule has 1 aliphatic carbocycles. The quantitative estimate of drug-likeness (QED) is 0.754. The van der Waals surface area contributed by atoms with E-state index in [4.69, 9.17) is 0 Å². The number of hydrogen-bond acceptors (Lipinski definition) is 1. The molecular formula is C15H21BrFN. The molecule has 2 rings (SSSR count). The van der Waals surface area contributed by atoms with Crippen molar-refractivity contribution >= 4 is 15.9 Å². The Hall–Kier alpha value is -0.410. The monoisotopic (exact) mass is 313 g/mol. The normalized spacial score (nSPS) is 16.3. The zero-order valence-electron chi connectivity index (χ0n) is 10.7. The van der Waals surface area contributed by atoms with Crippen molar-refractivity contribution in [3.8, 4) is 0 Å². The highest BCUT2D eigenvalue weighted by Crippen LogP contribution is 2.28. The minimum absolute atomic E-state index is 0.132. The van der Waals surface area contributed by atoms with Crippen LogP contribution in [0, 0.1) is 11.7 Å². The van der Waals surface area contributed by atoms with Crippen molar-refractivity contribution in [2.24, 2.45) is 5.92 Å². The van der Waals surface area contributed by atoms with Crippen LogP contribution in [0.5, 0.6) is 0 Å². The van der Waals surface area contributed by atoms with Gasteiger partial charge in [-0.15, -0.1) is 0 Å². The first kappa shape index (κ1) is 14.0. The lowest BCUT2D eigenvalue weighted by Gasteiger charge is -2.09. The second-order valence-electron chi connectivity index (χ2n) is 5.21. The Bertz CT molecular complexity index is 375. The zero-order chi connectivity index (χ0) is 12.8. The lowest BCUT2D eigenvalue weighted by molar-refractivity contribution is 0.468. The summed E-state index contributed by atoms with van der Waals surface area (Å²) in [6.45, 7) is 1.62. The van der Waals surface area contributed by atoms with Gasteiger partial charge in [-0.1, -0.05) is 47.7 Å². The fourth-order valence-electron chi connectivity index (χ4n) is 2.70. The average molecular weight is 314 g/mol. The minimum atomic E-state index is -0.132. The number of benzene rings is 1. The van der Waals surface area contributed by atoms with Crippen LogP contribution < -0.4 is 5.32 Å². The number of nitrogens with one attached hydrogen (secondary N) is 1. The fourth-order valence-corrected chi connectivity index (χ4v) is 3.04. The highest BCUT2D eigenvalue weighted by atomic mass is 79.9. The third kappa shape index (κ3) is 4.36. The van der Waals surface area contributed by atoms with Gasteiger partial charge in [0.25, 0.3) is 0 Å². The molecule has 0 spiro atoms. The van der Waals surface area contributed by atoms with E-state index >= 15 is 0 Å². The van der Waals surface area contributed by atoms with Crippen LogP contribution >= 0.6 is 15.9 Å². The van der Waals surface area contributed by atoms with Gasteiger partial charge in [0, 0.05) is 16.6 Å². The van der Waals surface area contributed by atoms with E-state index < -0.39 is 0 Å². The van der Waals surface area contributed by atoms with Gasteiger partial charge in [-0.25, -0.2) is 4.39 Å². The summed E-state index contributed by atoms with van der Waals surface area (Å²) >= 11 is 3.27. The van der Waals surface area contributed by atoms with E-state index in [1.165, 1.54) is 44.6 Å². The summed E-state index contributed by atoms with van der Waals surface area (Å²) in [4.78, 5) is 0. The molecule has 1 N–H and O–H groups in total. The van der Waals surface area contributed by atoms with Crippen LogP contribution in [-0.2, 0) is 6.54 Å². The Morgan fingerprint density at radius 1 is 1.28 bits per heavy atom. The molecule has 1 aromatic rings. The smallest absolute Gasteiger partial charge is 0.128 e. The molecule has 18 heavy (non-hydrogen) atoms. The van der Waals surface area contributed by atoms with E-state index in [9.17, 15) is 4.39 Å². The Morgan fingerprint density at radius 2 is 2.06 bits per heavy atom. The molecule has 0 bridgehead atoms. The molecule has 0 aromatic heterocycles. The van der Waals surface area contributed by atoms with Gasteiger partial charge in [-0.2, -0.15) is 0 Å². The van der Waals surface area contributed by atoms with Crippen LogP contribution in [-0.4, -0.2) is 6.54 Å². The first-order valence-corrected chi connectivity index (χ1v) is 7.69. The van der Waals surface area contributed by atoms with E-state index in [1.807, 2.05) is 12.1 Å². The maximum absolute atomic E-state index is 13.5. The molecule has 0 saturated heterocycles. The molecule has 1 fully saturated rings. The summed E-state index contributed by atoms with van der Waals surface area (Å²) < 4.78 is 14.3. The highest BCUT2D eigenvalue weighted by Gasteiger charge is 2.13. The summed E-state index contributed by atoms with van der Waals surface area (Å²) in [5, 5.41) is 3.33. The van der Waals surface area contributed by atoms with Crippen molar-refractivity contribution in [1.29, 1.82) is 0 Å². The first-order valence-electron chi connectivity index (χ1n) is 6.90. The molecule has 1 aromatic carbocycles. The molecule has 1 aliphatic rings. The summed E-state index contributed by atoms with van der Waals surface area (Å²) in [5.74, 6) is 0.823. The van der Waals surface area contributed by atoms with Crippen molar-refractivity contribution in [3.05, 3.63) is 34.1 Å². The SMILES string of the molecule is Fc1cc(Br)ccc1CNCCCC1CCCC1. The number of halogens is 2. The van der Waals surface area contributed by atoms with Gasteiger partial charge in [0.05, 0.1) is 0 Å². The lowest BCUT2D eigenvalue weighted by atomic mass is 10.0. The molecule has 1 nitrogen and oxygen atoms in total. The largest absolute Gasteiger partial charge is 0.313 e. The second kappa shape index (κ2) is 7.25. The van der Waals surface area contributed by atoms with E-state index in [2.05, 4.69) is 21.2 Å². The van der Waals surface area contributed by atoms with Crippen molar-refractivity contribution < 1.29 is 4.39 Å². The second-order valence-corrected chi connectivity index (χ2v) is 6.12. The molecule has 0 atom stereocenters. The molecule has 0 radical (unpaired) electrons. The zero-order valence-corrected chi connectivity index (χ0v) is 12.3. The van der Waals surface area contributed by atoms with Crippen molar-refractivity contribution in [2.45, 2.75) is 45.1 Å². The van der Waals surface area contributed by atoms with Crippen LogP contribution in [0.4, 0.5) is 4.39 Å². The third-order valence-corrected chi connectivity index (χ3v) is 4.26. The Kier molecular flexibility index (Phi) is 5.64. The van der Waals surface area contributed by atoms with Crippen molar-refractivity contribution in [2.75, 3.05) is 6.54 Å². The molecule has 0 unspecified atom stereocenters. The molecule has 0 heterocycles. The Balaban J connectivity index is 1.62. The summed E-state index contributed by atoms with van der Waals surface area (Å²) in [7, 11) is 0. The minimum Gasteiger partial charge on any atom is -0.313 e. The molecule has 0 aliphatic heterocycles. The predicted octanol–water partition coefficient (Wildman–Crippen LogP) is 4.65. The van der Waals surface area contributed by atoms with Gasteiger partial charge >= 0.3 is 0 Å². The van der Waals surface area contributed by atoms with Crippen molar-refractivity contribution in [1.82, 2.24) is 5.32 Å². The molecule has 0 amide bonds. The van der Waals surface area contributed by atoms with Crippen LogP contribution in [0.1, 0.15) is 44.1 Å². The fraction of sp³-hybridized carbons (Fsp3) is 0.600. The maximum Gasteiger partial charge on any atom is 0.128 e. The summed E-state index contributed by atoms with van der Waals surface area (Å²) in [6.07, 6.45) is 8.21. The number of hydrogen-bond donors (Lipinski definition) is 1. The van der Waals surface area contributed by atoms with Gasteiger partial charge in [-0.3, -0.25) is 0 Å². The summed E-state index contributed by atoms with van der Waals surface area (Å²) in [5.41, 5.74) is 0.749. The van der Waals surface area contributed by atoms with Gasteiger partial charge < -0.3 is 5.32 Å². The molecule has 1 saturated carbocycles. The summed E-state index contributed by atoms with van der Waals surface area (Å²) in [6, 6.07) is 5.25. The van der Waals surface area contributed by atoms with E-state index in [0.29, 0.717) is 6.54 Å². The van der Waals surface area contributed by atoms with E-state index in [1.54, 1.807) is 0 Å².